The predicted molar refractivity (Wildman–Crippen MR) is 94.2 cm³/mol. The Balaban J connectivity index is 1.54. The van der Waals surface area contributed by atoms with E-state index in [2.05, 4.69) is 21.9 Å². The van der Waals surface area contributed by atoms with Crippen molar-refractivity contribution in [2.75, 3.05) is 51.0 Å². The second kappa shape index (κ2) is 7.41. The summed E-state index contributed by atoms with van der Waals surface area (Å²) in [6, 6.07) is 6.82. The first-order chi connectivity index (χ1) is 11.2. The lowest BCUT2D eigenvalue weighted by molar-refractivity contribution is 0.0233. The van der Waals surface area contributed by atoms with E-state index in [0.717, 1.165) is 24.9 Å². The minimum absolute atomic E-state index is 0.466. The summed E-state index contributed by atoms with van der Waals surface area (Å²) < 4.78 is 10.8. The molecule has 23 heavy (non-hydrogen) atoms. The zero-order valence-electron chi connectivity index (χ0n) is 14.3. The molecule has 1 aromatic rings. The first-order valence-corrected chi connectivity index (χ1v) is 8.66. The number of piperidine rings is 2. The van der Waals surface area contributed by atoms with Gasteiger partial charge in [0, 0.05) is 51.1 Å². The molecule has 0 radical (unpaired) electrons. The summed E-state index contributed by atoms with van der Waals surface area (Å²) in [5, 5.41) is 0. The molecule has 0 spiro atoms. The molecule has 0 amide bonds. The van der Waals surface area contributed by atoms with Crippen LogP contribution in [0.5, 0.6) is 5.75 Å². The van der Waals surface area contributed by atoms with Gasteiger partial charge in [0.25, 0.3) is 0 Å². The summed E-state index contributed by atoms with van der Waals surface area (Å²) in [7, 11) is 3.51. The van der Waals surface area contributed by atoms with E-state index < -0.39 is 0 Å². The standard InChI is InChI=1S/C18H29N3O2/c1-22-16-7-11-20(12-8-16)14-5-9-21(10-6-14)15-3-4-17(19)18(13-15)23-2/h3-4,13-14,16H,5-12,19H2,1-2H3. The predicted octanol–water partition coefficient (Wildman–Crippen LogP) is 2.36. The molecule has 3 rings (SSSR count). The third kappa shape index (κ3) is 3.72. The first kappa shape index (κ1) is 16.4. The molecule has 2 fully saturated rings. The minimum Gasteiger partial charge on any atom is -0.495 e. The highest BCUT2D eigenvalue weighted by molar-refractivity contribution is 5.62. The van der Waals surface area contributed by atoms with Gasteiger partial charge in [-0.3, -0.25) is 0 Å². The highest BCUT2D eigenvalue weighted by Crippen LogP contribution is 2.30. The molecule has 2 N–H and O–H groups in total. The zero-order chi connectivity index (χ0) is 16.2. The maximum absolute atomic E-state index is 5.91. The molecule has 0 atom stereocenters. The molecule has 128 valence electrons. The number of hydrogen-bond acceptors (Lipinski definition) is 5. The molecule has 0 aliphatic carbocycles. The SMILES string of the molecule is COc1cc(N2CCC(N3CCC(OC)CC3)CC2)ccc1N. The fourth-order valence-electron chi connectivity index (χ4n) is 3.86. The molecular weight excluding hydrogens is 290 g/mol. The number of hydrogen-bond donors (Lipinski definition) is 1. The number of anilines is 2. The monoisotopic (exact) mass is 319 g/mol. The number of likely N-dealkylation sites (tertiary alicyclic amines) is 1. The molecule has 5 nitrogen and oxygen atoms in total. The van der Waals surface area contributed by atoms with Crippen molar-refractivity contribution < 1.29 is 9.47 Å². The van der Waals surface area contributed by atoms with Crippen LogP contribution in [0.25, 0.3) is 0 Å². The lowest BCUT2D eigenvalue weighted by Crippen LogP contribution is -2.48. The molecule has 2 saturated heterocycles. The Kier molecular flexibility index (Phi) is 5.28. The van der Waals surface area contributed by atoms with E-state index in [9.17, 15) is 0 Å². The summed E-state index contributed by atoms with van der Waals surface area (Å²) in [5.41, 5.74) is 7.83. The smallest absolute Gasteiger partial charge is 0.143 e. The van der Waals surface area contributed by atoms with Gasteiger partial charge in [0.1, 0.15) is 5.75 Å². The van der Waals surface area contributed by atoms with Crippen LogP contribution in [0.2, 0.25) is 0 Å². The van der Waals surface area contributed by atoms with E-state index in [-0.39, 0.29) is 0 Å². The van der Waals surface area contributed by atoms with Gasteiger partial charge >= 0.3 is 0 Å². The van der Waals surface area contributed by atoms with Crippen LogP contribution in [0.4, 0.5) is 11.4 Å². The summed E-state index contributed by atoms with van der Waals surface area (Å²) in [4.78, 5) is 5.11. The van der Waals surface area contributed by atoms with Gasteiger partial charge in [0.15, 0.2) is 0 Å². The van der Waals surface area contributed by atoms with Crippen molar-refractivity contribution in [2.45, 2.75) is 37.8 Å². The second-order valence-electron chi connectivity index (χ2n) is 6.62. The van der Waals surface area contributed by atoms with Crippen LogP contribution < -0.4 is 15.4 Å². The van der Waals surface area contributed by atoms with Crippen LogP contribution in [-0.4, -0.2) is 57.4 Å². The van der Waals surface area contributed by atoms with Crippen molar-refractivity contribution in [2.24, 2.45) is 0 Å². The van der Waals surface area contributed by atoms with E-state index >= 15 is 0 Å². The van der Waals surface area contributed by atoms with Gasteiger partial charge in [-0.15, -0.1) is 0 Å². The fourth-order valence-corrected chi connectivity index (χ4v) is 3.86. The van der Waals surface area contributed by atoms with E-state index in [4.69, 9.17) is 15.2 Å². The molecule has 0 unspecified atom stereocenters. The molecule has 2 heterocycles. The van der Waals surface area contributed by atoms with Crippen LogP contribution in [0.1, 0.15) is 25.7 Å². The number of ether oxygens (including phenoxy) is 2. The average molecular weight is 319 g/mol. The molecule has 2 aliphatic heterocycles. The number of nitrogens with two attached hydrogens (primary N) is 1. The van der Waals surface area contributed by atoms with Gasteiger partial charge in [0.2, 0.25) is 0 Å². The Bertz CT molecular complexity index is 507. The first-order valence-electron chi connectivity index (χ1n) is 8.66. The van der Waals surface area contributed by atoms with Crippen LogP contribution in [0.3, 0.4) is 0 Å². The van der Waals surface area contributed by atoms with Crippen molar-refractivity contribution in [3.8, 4) is 5.75 Å². The van der Waals surface area contributed by atoms with Gasteiger partial charge in [0.05, 0.1) is 18.9 Å². The van der Waals surface area contributed by atoms with E-state index in [1.807, 2.05) is 13.2 Å². The van der Waals surface area contributed by atoms with Gasteiger partial charge < -0.3 is 25.0 Å². The van der Waals surface area contributed by atoms with Crippen LogP contribution in [0, 0.1) is 0 Å². The minimum atomic E-state index is 0.466. The topological polar surface area (TPSA) is 51.0 Å². The van der Waals surface area contributed by atoms with E-state index in [1.165, 1.54) is 44.5 Å². The molecule has 0 aromatic heterocycles. The van der Waals surface area contributed by atoms with Crippen molar-refractivity contribution in [3.63, 3.8) is 0 Å². The summed E-state index contributed by atoms with van der Waals surface area (Å²) >= 11 is 0. The maximum atomic E-state index is 5.91. The molecule has 5 heteroatoms. The Morgan fingerprint density at radius 1 is 1.00 bits per heavy atom. The zero-order valence-corrected chi connectivity index (χ0v) is 14.3. The van der Waals surface area contributed by atoms with E-state index in [1.54, 1.807) is 7.11 Å². The lowest BCUT2D eigenvalue weighted by Gasteiger charge is -2.42. The highest BCUT2D eigenvalue weighted by Gasteiger charge is 2.28. The number of nitrogens with zero attached hydrogens (tertiary/aromatic N) is 2. The number of benzene rings is 1. The molecule has 1 aromatic carbocycles. The van der Waals surface area contributed by atoms with Gasteiger partial charge in [-0.1, -0.05) is 0 Å². The number of nitrogen functional groups attached to an aromatic ring is 1. The maximum Gasteiger partial charge on any atom is 0.143 e. The molecule has 0 saturated carbocycles. The Morgan fingerprint density at radius 2 is 1.70 bits per heavy atom. The number of methoxy groups -OCH3 is 2. The van der Waals surface area contributed by atoms with Crippen molar-refractivity contribution in [1.29, 1.82) is 0 Å². The third-order valence-corrected chi connectivity index (χ3v) is 5.37. The van der Waals surface area contributed by atoms with Gasteiger partial charge in [-0.2, -0.15) is 0 Å². The second-order valence-corrected chi connectivity index (χ2v) is 6.62. The summed E-state index contributed by atoms with van der Waals surface area (Å²) in [6.07, 6.45) is 5.26. The van der Waals surface area contributed by atoms with Crippen LogP contribution >= 0.6 is 0 Å². The lowest BCUT2D eigenvalue weighted by atomic mass is 9.98. The highest BCUT2D eigenvalue weighted by atomic mass is 16.5. The summed E-state index contributed by atoms with van der Waals surface area (Å²) in [6.45, 7) is 4.56. The van der Waals surface area contributed by atoms with Crippen LogP contribution in [0.15, 0.2) is 18.2 Å². The van der Waals surface area contributed by atoms with Crippen LogP contribution in [-0.2, 0) is 4.74 Å². The largest absolute Gasteiger partial charge is 0.495 e. The van der Waals surface area contributed by atoms with Crippen molar-refractivity contribution in [1.82, 2.24) is 4.90 Å². The molecule has 2 aliphatic rings. The average Bonchev–Trinajstić information content (AvgIpc) is 2.62. The fraction of sp³-hybridized carbons (Fsp3) is 0.667. The number of rotatable bonds is 4. The van der Waals surface area contributed by atoms with Crippen molar-refractivity contribution in [3.05, 3.63) is 18.2 Å². The van der Waals surface area contributed by atoms with Gasteiger partial charge in [-0.25, -0.2) is 0 Å². The summed E-state index contributed by atoms with van der Waals surface area (Å²) in [5.74, 6) is 0.770. The van der Waals surface area contributed by atoms with Gasteiger partial charge in [-0.05, 0) is 37.8 Å². The quantitative estimate of drug-likeness (QED) is 0.864. The Hall–Kier alpha value is -1.46. The molecular formula is C18H29N3O2. The third-order valence-electron chi connectivity index (χ3n) is 5.37. The molecule has 0 bridgehead atoms. The van der Waals surface area contributed by atoms with Crippen molar-refractivity contribution >= 4 is 11.4 Å². The Labute approximate surface area is 139 Å². The Morgan fingerprint density at radius 3 is 2.30 bits per heavy atom. The van der Waals surface area contributed by atoms with E-state index in [0.29, 0.717) is 11.8 Å². The normalized spacial score (nSPS) is 21.6.